The summed E-state index contributed by atoms with van der Waals surface area (Å²) in [4.78, 5) is 40.7. The number of allylic oxidation sites excluding steroid dienone is 3. The van der Waals surface area contributed by atoms with Crippen molar-refractivity contribution in [1.29, 1.82) is 5.26 Å². The van der Waals surface area contributed by atoms with Crippen molar-refractivity contribution in [3.05, 3.63) is 53.1 Å². The first-order valence-corrected chi connectivity index (χ1v) is 11.9. The molecule has 4 amide bonds. The molecule has 0 spiro atoms. The van der Waals surface area contributed by atoms with Crippen molar-refractivity contribution in [2.45, 2.75) is 63.7 Å². The van der Waals surface area contributed by atoms with Gasteiger partial charge < -0.3 is 5.32 Å². The summed E-state index contributed by atoms with van der Waals surface area (Å²) in [6, 6.07) is 2.70. The maximum Gasteiger partial charge on any atom is 0.417 e. The van der Waals surface area contributed by atoms with Crippen LogP contribution in [0.25, 0.3) is 0 Å². The average molecular weight is 513 g/mol. The molecule has 1 saturated heterocycles. The lowest BCUT2D eigenvalue weighted by molar-refractivity contribution is -0.137. The number of benzene rings is 1. The molecule has 1 N–H and O–H groups in total. The highest BCUT2D eigenvalue weighted by Crippen LogP contribution is 2.40. The summed E-state index contributed by atoms with van der Waals surface area (Å²) in [6.07, 6.45) is 2.66. The van der Waals surface area contributed by atoms with Crippen molar-refractivity contribution in [1.82, 2.24) is 10.2 Å². The van der Waals surface area contributed by atoms with Gasteiger partial charge in [0.05, 0.1) is 22.9 Å². The van der Waals surface area contributed by atoms with Gasteiger partial charge in [0.2, 0.25) is 5.91 Å². The fraction of sp³-hybridized carbons (Fsp3) is 0.407. The molecule has 1 heterocycles. The van der Waals surface area contributed by atoms with E-state index in [0.29, 0.717) is 31.7 Å². The van der Waals surface area contributed by atoms with Crippen molar-refractivity contribution >= 4 is 23.5 Å². The van der Waals surface area contributed by atoms with E-state index in [1.165, 1.54) is 17.0 Å². The highest BCUT2D eigenvalue weighted by atomic mass is 19.4. The van der Waals surface area contributed by atoms with Crippen molar-refractivity contribution in [2.75, 3.05) is 11.9 Å². The van der Waals surface area contributed by atoms with Crippen LogP contribution < -0.4 is 10.2 Å². The topological polar surface area (TPSA) is 93.5 Å². The number of nitrogens with one attached hydrogen (secondary N) is 1. The van der Waals surface area contributed by atoms with Crippen LogP contribution in [0.15, 0.2) is 42.0 Å². The number of amides is 4. The molecule has 1 fully saturated rings. The van der Waals surface area contributed by atoms with E-state index in [-0.39, 0.29) is 18.0 Å². The van der Waals surface area contributed by atoms with Gasteiger partial charge in [-0.25, -0.2) is 9.69 Å². The lowest BCUT2D eigenvalue weighted by atomic mass is 9.92. The molecule has 2 unspecified atom stereocenters. The van der Waals surface area contributed by atoms with Crippen LogP contribution in [-0.4, -0.2) is 41.4 Å². The molecule has 1 aliphatic heterocycles. The first-order chi connectivity index (χ1) is 17.5. The fourth-order valence-corrected chi connectivity index (χ4v) is 4.54. The first kappa shape index (κ1) is 27.5. The smallest absolute Gasteiger partial charge is 0.359 e. The van der Waals surface area contributed by atoms with Crippen LogP contribution in [0.3, 0.4) is 0 Å². The zero-order valence-corrected chi connectivity index (χ0v) is 20.8. The highest BCUT2D eigenvalue weighted by molar-refractivity contribution is 6.23. The van der Waals surface area contributed by atoms with Gasteiger partial charge in [-0.05, 0) is 62.1 Å². The number of nitrogens with zero attached hydrogens (tertiary/aromatic N) is 3. The minimum Gasteiger partial charge on any atom is -0.359 e. The number of carbonyl (C=O) groups excluding carboxylic acids is 3. The largest absolute Gasteiger partial charge is 0.417 e. The highest BCUT2D eigenvalue weighted by Gasteiger charge is 2.56. The molecule has 2 atom stereocenters. The normalized spacial score (nSPS) is 21.2. The van der Waals surface area contributed by atoms with Crippen LogP contribution in [0.1, 0.15) is 57.1 Å². The van der Waals surface area contributed by atoms with Gasteiger partial charge in [0.1, 0.15) is 11.6 Å². The number of alkyl halides is 3. The van der Waals surface area contributed by atoms with Gasteiger partial charge in [-0.2, -0.15) is 18.4 Å². The molecule has 194 valence electrons. The molecule has 3 rings (SSSR count). The van der Waals surface area contributed by atoms with E-state index in [4.69, 9.17) is 5.26 Å². The summed E-state index contributed by atoms with van der Waals surface area (Å²) in [7, 11) is 1.57. The van der Waals surface area contributed by atoms with Gasteiger partial charge in [-0.3, -0.25) is 14.5 Å². The van der Waals surface area contributed by atoms with Gasteiger partial charge in [0, 0.05) is 13.5 Å². The number of carbonyl (C=O) groups is 3. The molecule has 7 nitrogen and oxygen atoms in total. The molecule has 2 aliphatic rings. The van der Waals surface area contributed by atoms with E-state index in [0.717, 1.165) is 16.5 Å². The van der Waals surface area contributed by atoms with Crippen LogP contribution in [0.5, 0.6) is 0 Å². The number of hydrogen-bond donors (Lipinski definition) is 1. The number of halogens is 3. The van der Waals surface area contributed by atoms with E-state index >= 15 is 0 Å². The van der Waals surface area contributed by atoms with E-state index in [9.17, 15) is 27.6 Å². The Bertz CT molecular complexity index is 1270. The Kier molecular flexibility index (Phi) is 8.12. The fourth-order valence-electron chi connectivity index (χ4n) is 4.54. The van der Waals surface area contributed by atoms with Gasteiger partial charge >= 0.3 is 12.2 Å². The summed E-state index contributed by atoms with van der Waals surface area (Å²) < 4.78 is 40.7. The maximum absolute atomic E-state index is 13.6. The number of nitriles is 1. The predicted molar refractivity (Wildman–Crippen MR) is 131 cm³/mol. The third kappa shape index (κ3) is 5.54. The van der Waals surface area contributed by atoms with Gasteiger partial charge in [0.15, 0.2) is 0 Å². The minimum absolute atomic E-state index is 0.0738. The average Bonchev–Trinajstić information content (AvgIpc) is 2.99. The summed E-state index contributed by atoms with van der Waals surface area (Å²) in [5, 5.41) is 11.7. The standard InChI is InChI=1S/C27H27F3N4O3/c1-4-15-26(2)24(36)33(21-14-12-19(17-31)22(16-21)27(28,29)30)25(37)34(26)20-9-5-7-18(11-13-20)8-6-10-23(35)32-3/h7,11-14,16,20H,4,6,8,10,15H2,1-3H3,(H,32,35). The Balaban J connectivity index is 1.95. The molecule has 0 bridgehead atoms. The number of rotatable bonds is 8. The Morgan fingerprint density at radius 2 is 2.03 bits per heavy atom. The van der Waals surface area contributed by atoms with Crippen LogP contribution in [0.4, 0.5) is 23.7 Å². The first-order valence-electron chi connectivity index (χ1n) is 11.9. The molecule has 1 aromatic carbocycles. The molecule has 0 saturated carbocycles. The van der Waals surface area contributed by atoms with Crippen molar-refractivity contribution in [3.63, 3.8) is 0 Å². The summed E-state index contributed by atoms with van der Waals surface area (Å²) in [5.41, 5.74) is -2.57. The second kappa shape index (κ2) is 10.9. The maximum atomic E-state index is 13.6. The zero-order valence-electron chi connectivity index (χ0n) is 20.8. The van der Waals surface area contributed by atoms with E-state index in [1.54, 1.807) is 32.2 Å². The Morgan fingerprint density at radius 1 is 1.30 bits per heavy atom. The third-order valence-electron chi connectivity index (χ3n) is 6.42. The molecule has 0 radical (unpaired) electrons. The Labute approximate surface area is 213 Å². The van der Waals surface area contributed by atoms with Gasteiger partial charge in [-0.15, -0.1) is 0 Å². The van der Waals surface area contributed by atoms with E-state index < -0.39 is 40.8 Å². The number of imide groups is 1. The number of hydrogen-bond acceptors (Lipinski definition) is 4. The predicted octanol–water partition coefficient (Wildman–Crippen LogP) is 4.69. The van der Waals surface area contributed by atoms with Crippen molar-refractivity contribution in [3.8, 4) is 17.9 Å². The van der Waals surface area contributed by atoms with Crippen LogP contribution >= 0.6 is 0 Å². The molecular weight excluding hydrogens is 485 g/mol. The quantitative estimate of drug-likeness (QED) is 0.404. The molecule has 10 heteroatoms. The lowest BCUT2D eigenvalue weighted by Gasteiger charge is -2.34. The van der Waals surface area contributed by atoms with Crippen molar-refractivity contribution < 1.29 is 27.6 Å². The summed E-state index contributed by atoms with van der Waals surface area (Å²) in [6.45, 7) is 3.43. The monoisotopic (exact) mass is 512 g/mol. The molecular formula is C27H27F3N4O3. The van der Waals surface area contributed by atoms with Gasteiger partial charge in [-0.1, -0.05) is 31.3 Å². The van der Waals surface area contributed by atoms with E-state index in [1.807, 2.05) is 6.92 Å². The lowest BCUT2D eigenvalue weighted by Crippen LogP contribution is -2.51. The Morgan fingerprint density at radius 3 is 2.65 bits per heavy atom. The molecule has 1 aromatic rings. The zero-order chi connectivity index (χ0) is 27.4. The van der Waals surface area contributed by atoms with Crippen molar-refractivity contribution in [2.24, 2.45) is 0 Å². The summed E-state index contributed by atoms with van der Waals surface area (Å²) >= 11 is 0. The van der Waals surface area contributed by atoms with E-state index in [2.05, 4.69) is 17.2 Å². The molecule has 0 aromatic heterocycles. The second-order valence-corrected chi connectivity index (χ2v) is 9.00. The number of urea groups is 1. The second-order valence-electron chi connectivity index (χ2n) is 9.00. The van der Waals surface area contributed by atoms with Crippen LogP contribution in [0.2, 0.25) is 0 Å². The molecule has 1 aliphatic carbocycles. The third-order valence-corrected chi connectivity index (χ3v) is 6.42. The van der Waals surface area contributed by atoms with Crippen LogP contribution in [0, 0.1) is 23.2 Å². The minimum atomic E-state index is -4.84. The summed E-state index contributed by atoms with van der Waals surface area (Å²) in [5.74, 6) is 5.14. The van der Waals surface area contributed by atoms with Gasteiger partial charge in [0.25, 0.3) is 5.91 Å². The number of anilines is 1. The molecule has 37 heavy (non-hydrogen) atoms. The SMILES string of the molecule is CCCC1(C)C(=O)N(c2ccc(C#N)c(C(F)(F)F)c2)C(=O)N1C1C#CC=C(CCCC(=O)NC)C=C1. The Hall–Kier alpha value is -4.05. The van der Waals surface area contributed by atoms with Crippen LogP contribution in [-0.2, 0) is 15.8 Å².